The van der Waals surface area contributed by atoms with Gasteiger partial charge in [0.1, 0.15) is 0 Å². The fraction of sp³-hybridized carbons (Fsp3) is 0.500. The molecule has 3 N–H and O–H groups in total. The number of halogens is 1. The minimum absolute atomic E-state index is 0.0164. The van der Waals surface area contributed by atoms with Gasteiger partial charge in [-0.05, 0) is 38.0 Å². The Morgan fingerprint density at radius 2 is 2.11 bits per heavy atom. The average molecular weight is 313 g/mol. The molecule has 0 aliphatic rings. The molecule has 18 heavy (non-hydrogen) atoms. The monoisotopic (exact) mass is 312 g/mol. The molecule has 0 saturated carbocycles. The van der Waals surface area contributed by atoms with Gasteiger partial charge in [0.05, 0.1) is 0 Å². The summed E-state index contributed by atoms with van der Waals surface area (Å²) in [5.74, 6) is 0.0838. The van der Waals surface area contributed by atoms with Crippen LogP contribution in [0.2, 0.25) is 0 Å². The van der Waals surface area contributed by atoms with Crippen LogP contribution >= 0.6 is 15.9 Å². The Hall–Kier alpha value is -0.870. The van der Waals surface area contributed by atoms with Crippen LogP contribution in [-0.4, -0.2) is 11.9 Å². The molecule has 0 aliphatic carbocycles. The van der Waals surface area contributed by atoms with Gasteiger partial charge in [0, 0.05) is 22.1 Å². The van der Waals surface area contributed by atoms with E-state index in [9.17, 15) is 4.79 Å². The van der Waals surface area contributed by atoms with Crippen molar-refractivity contribution in [2.24, 2.45) is 11.7 Å². The maximum absolute atomic E-state index is 11.9. The standard InChI is InChI=1S/C14H21BrN2O/c1-10(5-3-6-11(2)16)14(18)17-13-8-4-7-12(15)9-13/h4,7-11H,3,5-6,16H2,1-2H3,(H,17,18). The summed E-state index contributed by atoms with van der Waals surface area (Å²) < 4.78 is 0.963. The third-order valence-electron chi connectivity index (χ3n) is 2.84. The highest BCUT2D eigenvalue weighted by atomic mass is 79.9. The summed E-state index contributed by atoms with van der Waals surface area (Å²) in [5, 5.41) is 2.92. The third-order valence-corrected chi connectivity index (χ3v) is 3.33. The molecule has 0 saturated heterocycles. The molecule has 0 spiro atoms. The van der Waals surface area contributed by atoms with E-state index in [1.807, 2.05) is 38.1 Å². The summed E-state index contributed by atoms with van der Waals surface area (Å²) in [6.45, 7) is 3.95. The topological polar surface area (TPSA) is 55.1 Å². The number of carbonyl (C=O) groups excluding carboxylic acids is 1. The average Bonchev–Trinajstić information content (AvgIpc) is 2.28. The summed E-state index contributed by atoms with van der Waals surface area (Å²) in [4.78, 5) is 11.9. The lowest BCUT2D eigenvalue weighted by atomic mass is 10.0. The minimum atomic E-state index is 0.0164. The molecule has 1 aromatic rings. The van der Waals surface area contributed by atoms with Gasteiger partial charge in [-0.25, -0.2) is 0 Å². The van der Waals surface area contributed by atoms with Gasteiger partial charge >= 0.3 is 0 Å². The fourth-order valence-electron chi connectivity index (χ4n) is 1.71. The van der Waals surface area contributed by atoms with Gasteiger partial charge in [-0.15, -0.1) is 0 Å². The van der Waals surface area contributed by atoms with Crippen LogP contribution in [-0.2, 0) is 4.79 Å². The second-order valence-electron chi connectivity index (χ2n) is 4.81. The van der Waals surface area contributed by atoms with Gasteiger partial charge in [0.15, 0.2) is 0 Å². The first-order valence-electron chi connectivity index (χ1n) is 6.31. The maximum Gasteiger partial charge on any atom is 0.227 e. The molecule has 0 heterocycles. The molecule has 0 fully saturated rings. The highest BCUT2D eigenvalue weighted by Gasteiger charge is 2.13. The number of nitrogens with two attached hydrogens (primary N) is 1. The lowest BCUT2D eigenvalue weighted by molar-refractivity contribution is -0.119. The minimum Gasteiger partial charge on any atom is -0.328 e. The number of rotatable bonds is 6. The van der Waals surface area contributed by atoms with Crippen LogP contribution in [0.25, 0.3) is 0 Å². The van der Waals surface area contributed by atoms with Crippen molar-refractivity contribution in [3.8, 4) is 0 Å². The number of amides is 1. The van der Waals surface area contributed by atoms with Crippen LogP contribution in [0, 0.1) is 5.92 Å². The number of benzene rings is 1. The van der Waals surface area contributed by atoms with Gasteiger partial charge in [-0.1, -0.05) is 35.3 Å². The smallest absolute Gasteiger partial charge is 0.227 e. The molecule has 4 heteroatoms. The molecule has 1 amide bonds. The molecule has 0 aliphatic heterocycles. The molecule has 2 unspecified atom stereocenters. The van der Waals surface area contributed by atoms with Gasteiger partial charge in [-0.3, -0.25) is 4.79 Å². The molecule has 0 bridgehead atoms. The van der Waals surface area contributed by atoms with Crippen molar-refractivity contribution in [3.05, 3.63) is 28.7 Å². The molecule has 3 nitrogen and oxygen atoms in total. The Bertz CT molecular complexity index is 393. The van der Waals surface area contributed by atoms with Gasteiger partial charge in [0.25, 0.3) is 0 Å². The molecule has 0 radical (unpaired) electrons. The zero-order valence-electron chi connectivity index (χ0n) is 10.9. The van der Waals surface area contributed by atoms with E-state index in [1.165, 1.54) is 0 Å². The SMILES string of the molecule is CC(N)CCCC(C)C(=O)Nc1cccc(Br)c1. The third kappa shape index (κ3) is 5.65. The second-order valence-corrected chi connectivity index (χ2v) is 5.72. The van der Waals surface area contributed by atoms with Crippen molar-refractivity contribution in [3.63, 3.8) is 0 Å². The van der Waals surface area contributed by atoms with Crippen LogP contribution in [0.5, 0.6) is 0 Å². The highest BCUT2D eigenvalue weighted by molar-refractivity contribution is 9.10. The summed E-state index contributed by atoms with van der Waals surface area (Å²) in [6, 6.07) is 7.83. The number of nitrogens with one attached hydrogen (secondary N) is 1. The first-order chi connectivity index (χ1) is 8.49. The normalized spacial score (nSPS) is 14.0. The Labute approximate surface area is 117 Å². The zero-order valence-corrected chi connectivity index (χ0v) is 12.5. The molecular weight excluding hydrogens is 292 g/mol. The quantitative estimate of drug-likeness (QED) is 0.844. The van der Waals surface area contributed by atoms with E-state index >= 15 is 0 Å². The number of anilines is 1. The lowest BCUT2D eigenvalue weighted by Crippen LogP contribution is -2.21. The largest absolute Gasteiger partial charge is 0.328 e. The summed E-state index contributed by atoms with van der Waals surface area (Å²) in [5.41, 5.74) is 6.52. The van der Waals surface area contributed by atoms with Gasteiger partial charge in [0.2, 0.25) is 5.91 Å². The number of carbonyl (C=O) groups is 1. The molecule has 0 aromatic heterocycles. The maximum atomic E-state index is 11.9. The van der Waals surface area contributed by atoms with Crippen molar-refractivity contribution in [1.82, 2.24) is 0 Å². The Morgan fingerprint density at radius 3 is 2.72 bits per heavy atom. The van der Waals surface area contributed by atoms with Crippen LogP contribution in [0.1, 0.15) is 33.1 Å². The van der Waals surface area contributed by atoms with E-state index in [0.29, 0.717) is 0 Å². The second kappa shape index (κ2) is 7.54. The summed E-state index contributed by atoms with van der Waals surface area (Å²) in [7, 11) is 0. The van der Waals surface area contributed by atoms with Crippen LogP contribution in [0.15, 0.2) is 28.7 Å². The highest BCUT2D eigenvalue weighted by Crippen LogP contribution is 2.17. The van der Waals surface area contributed by atoms with Gasteiger partial charge in [-0.2, -0.15) is 0 Å². The molecule has 2 atom stereocenters. The van der Waals surface area contributed by atoms with E-state index < -0.39 is 0 Å². The van der Waals surface area contributed by atoms with Crippen LogP contribution in [0.4, 0.5) is 5.69 Å². The van der Waals surface area contributed by atoms with Crippen molar-refractivity contribution in [1.29, 1.82) is 0 Å². The first kappa shape index (κ1) is 15.2. The Balaban J connectivity index is 2.40. The van der Waals surface area contributed by atoms with Crippen molar-refractivity contribution < 1.29 is 4.79 Å². The molecule has 100 valence electrons. The predicted octanol–water partition coefficient (Wildman–Crippen LogP) is 3.54. The van der Waals surface area contributed by atoms with Gasteiger partial charge < -0.3 is 11.1 Å². The van der Waals surface area contributed by atoms with Crippen LogP contribution < -0.4 is 11.1 Å². The van der Waals surface area contributed by atoms with E-state index in [1.54, 1.807) is 0 Å². The first-order valence-corrected chi connectivity index (χ1v) is 7.10. The lowest BCUT2D eigenvalue weighted by Gasteiger charge is -2.13. The summed E-state index contributed by atoms with van der Waals surface area (Å²) in [6.07, 6.45) is 2.83. The zero-order chi connectivity index (χ0) is 13.5. The molecular formula is C14H21BrN2O. The van der Waals surface area contributed by atoms with Crippen molar-refractivity contribution in [2.75, 3.05) is 5.32 Å². The number of hydrogen-bond acceptors (Lipinski definition) is 2. The Kier molecular flexibility index (Phi) is 6.36. The van der Waals surface area contributed by atoms with Crippen molar-refractivity contribution in [2.45, 2.75) is 39.2 Å². The number of hydrogen-bond donors (Lipinski definition) is 2. The molecule has 1 aromatic carbocycles. The predicted molar refractivity (Wildman–Crippen MR) is 79.4 cm³/mol. The van der Waals surface area contributed by atoms with E-state index in [0.717, 1.165) is 29.4 Å². The van der Waals surface area contributed by atoms with E-state index in [2.05, 4.69) is 21.2 Å². The van der Waals surface area contributed by atoms with Crippen molar-refractivity contribution >= 4 is 27.5 Å². The van der Waals surface area contributed by atoms with E-state index in [-0.39, 0.29) is 17.9 Å². The molecule has 1 rings (SSSR count). The summed E-state index contributed by atoms with van der Waals surface area (Å²) >= 11 is 3.38. The van der Waals surface area contributed by atoms with E-state index in [4.69, 9.17) is 5.73 Å². The van der Waals surface area contributed by atoms with Crippen LogP contribution in [0.3, 0.4) is 0 Å². The Morgan fingerprint density at radius 1 is 1.39 bits per heavy atom. The fourth-order valence-corrected chi connectivity index (χ4v) is 2.11.